The van der Waals surface area contributed by atoms with Crippen molar-refractivity contribution in [2.75, 3.05) is 11.9 Å². The number of pyridine rings is 1. The minimum Gasteiger partial charge on any atom is -0.481 e. The number of rotatable bonds is 6. The first-order valence-corrected chi connectivity index (χ1v) is 10.3. The number of fused-ring (bicyclic) bond motifs is 2. The van der Waals surface area contributed by atoms with Crippen LogP contribution in [0.4, 0.5) is 5.69 Å². The first-order valence-electron chi connectivity index (χ1n) is 9.49. The molecule has 2 aromatic carbocycles. The number of hydrogen-bond acceptors (Lipinski definition) is 3. The molecule has 4 nitrogen and oxygen atoms in total. The van der Waals surface area contributed by atoms with Gasteiger partial charge < -0.3 is 10.0 Å². The van der Waals surface area contributed by atoms with Crippen molar-refractivity contribution < 1.29 is 14.5 Å². The highest BCUT2D eigenvalue weighted by Gasteiger charge is 2.22. The number of aliphatic carboxylic acids is 1. The van der Waals surface area contributed by atoms with Gasteiger partial charge in [-0.15, -0.1) is 0 Å². The second kappa shape index (κ2) is 8.07. The topological polar surface area (TPSA) is 44.4 Å². The molecule has 4 rings (SSSR count). The van der Waals surface area contributed by atoms with Crippen LogP contribution >= 0.6 is 11.8 Å². The van der Waals surface area contributed by atoms with E-state index < -0.39 is 5.97 Å². The fourth-order valence-corrected chi connectivity index (χ4v) is 4.67. The molecule has 0 saturated carbocycles. The van der Waals surface area contributed by atoms with Gasteiger partial charge in [-0.2, -0.15) is 4.57 Å². The second-order valence-electron chi connectivity index (χ2n) is 6.94. The summed E-state index contributed by atoms with van der Waals surface area (Å²) in [4.78, 5) is 14.2. The zero-order valence-electron chi connectivity index (χ0n) is 15.8. The summed E-state index contributed by atoms with van der Waals surface area (Å²) in [5.41, 5.74) is 3.61. The maximum absolute atomic E-state index is 10.7. The van der Waals surface area contributed by atoms with Gasteiger partial charge >= 0.3 is 5.97 Å². The summed E-state index contributed by atoms with van der Waals surface area (Å²) < 4.78 is 2.22. The Morgan fingerprint density at radius 3 is 2.71 bits per heavy atom. The number of para-hydroxylation sites is 2. The lowest BCUT2D eigenvalue weighted by Gasteiger charge is -2.13. The molecule has 0 aliphatic carbocycles. The predicted molar refractivity (Wildman–Crippen MR) is 114 cm³/mol. The van der Waals surface area contributed by atoms with E-state index in [0.717, 1.165) is 13.0 Å². The number of aromatic nitrogens is 1. The van der Waals surface area contributed by atoms with Crippen LogP contribution in [-0.2, 0) is 11.3 Å². The summed E-state index contributed by atoms with van der Waals surface area (Å²) in [6, 6.07) is 19.0. The van der Waals surface area contributed by atoms with Crippen LogP contribution in [0.5, 0.6) is 0 Å². The summed E-state index contributed by atoms with van der Waals surface area (Å²) in [7, 11) is 2.11. The third kappa shape index (κ3) is 3.76. The summed E-state index contributed by atoms with van der Waals surface area (Å²) in [5.74, 6) is -0.726. The number of unbranched alkanes of at least 4 members (excludes halogenated alkanes) is 1. The van der Waals surface area contributed by atoms with Crippen LogP contribution in [0.25, 0.3) is 17.0 Å². The average Bonchev–Trinajstić information content (AvgIpc) is 3.02. The quantitative estimate of drug-likeness (QED) is 0.478. The smallest absolute Gasteiger partial charge is 0.303 e. The van der Waals surface area contributed by atoms with E-state index >= 15 is 0 Å². The van der Waals surface area contributed by atoms with Gasteiger partial charge in [-0.1, -0.05) is 36.0 Å². The van der Waals surface area contributed by atoms with E-state index in [1.807, 2.05) is 0 Å². The van der Waals surface area contributed by atoms with Crippen LogP contribution in [0.1, 0.15) is 24.8 Å². The Labute approximate surface area is 169 Å². The van der Waals surface area contributed by atoms with Gasteiger partial charge in [0.2, 0.25) is 5.52 Å². The molecule has 0 unspecified atom stereocenters. The number of carboxylic acid groups (broad SMARTS) is 1. The van der Waals surface area contributed by atoms with E-state index in [-0.39, 0.29) is 6.42 Å². The molecule has 0 spiro atoms. The number of nitrogens with zero attached hydrogens (tertiary/aromatic N) is 2. The van der Waals surface area contributed by atoms with Gasteiger partial charge in [-0.3, -0.25) is 4.79 Å². The second-order valence-corrected chi connectivity index (χ2v) is 8.01. The third-order valence-electron chi connectivity index (χ3n) is 5.05. The lowest BCUT2D eigenvalue weighted by atomic mass is 10.1. The molecule has 0 radical (unpaired) electrons. The molecular formula is C23H23N2O2S+. The van der Waals surface area contributed by atoms with Gasteiger partial charge in [0.25, 0.3) is 0 Å². The molecule has 2 heterocycles. The van der Waals surface area contributed by atoms with Crippen LogP contribution < -0.4 is 9.47 Å². The fraction of sp³-hybridized carbons (Fsp3) is 0.217. The van der Waals surface area contributed by atoms with E-state index in [4.69, 9.17) is 5.11 Å². The maximum atomic E-state index is 10.7. The number of aryl methyl sites for hydroxylation is 1. The molecule has 0 saturated heterocycles. The van der Waals surface area contributed by atoms with Crippen molar-refractivity contribution in [2.24, 2.45) is 0 Å². The van der Waals surface area contributed by atoms with Crippen LogP contribution in [0.2, 0.25) is 0 Å². The Kier molecular flexibility index (Phi) is 5.35. The van der Waals surface area contributed by atoms with E-state index in [0.29, 0.717) is 6.42 Å². The highest BCUT2D eigenvalue weighted by Crippen LogP contribution is 2.45. The van der Waals surface area contributed by atoms with Crippen molar-refractivity contribution >= 4 is 40.4 Å². The van der Waals surface area contributed by atoms with Crippen LogP contribution in [0, 0.1) is 0 Å². The predicted octanol–water partition coefficient (Wildman–Crippen LogP) is 4.92. The average molecular weight is 392 g/mol. The molecule has 1 N–H and O–H groups in total. The molecule has 5 heteroatoms. The lowest BCUT2D eigenvalue weighted by Crippen LogP contribution is -2.34. The molecule has 1 aromatic heterocycles. The van der Waals surface area contributed by atoms with Crippen molar-refractivity contribution in [1.82, 2.24) is 0 Å². The molecule has 1 aliphatic heterocycles. The molecule has 0 bridgehead atoms. The minimum atomic E-state index is -0.726. The fourth-order valence-electron chi connectivity index (χ4n) is 3.57. The molecule has 0 atom stereocenters. The van der Waals surface area contributed by atoms with Gasteiger partial charge in [-0.05, 0) is 36.3 Å². The number of benzene rings is 2. The zero-order chi connectivity index (χ0) is 19.5. The Hall–Kier alpha value is -2.79. The van der Waals surface area contributed by atoms with Gasteiger partial charge in [0.1, 0.15) is 6.54 Å². The molecule has 28 heavy (non-hydrogen) atoms. The molecule has 142 valence electrons. The molecule has 3 aromatic rings. The number of anilines is 1. The molecule has 0 amide bonds. The first kappa shape index (κ1) is 18.6. The van der Waals surface area contributed by atoms with Gasteiger partial charge in [0, 0.05) is 36.9 Å². The van der Waals surface area contributed by atoms with Crippen molar-refractivity contribution in [1.29, 1.82) is 0 Å². The largest absolute Gasteiger partial charge is 0.481 e. The monoisotopic (exact) mass is 391 g/mol. The van der Waals surface area contributed by atoms with E-state index in [9.17, 15) is 4.79 Å². The third-order valence-corrected chi connectivity index (χ3v) is 6.21. The Balaban J connectivity index is 1.63. The van der Waals surface area contributed by atoms with Gasteiger partial charge in [0.05, 0.1) is 16.1 Å². The Morgan fingerprint density at radius 1 is 1.11 bits per heavy atom. The number of carbonyl (C=O) groups is 1. The van der Waals surface area contributed by atoms with Crippen LogP contribution in [0.3, 0.4) is 0 Å². The number of carboxylic acids is 1. The van der Waals surface area contributed by atoms with Crippen molar-refractivity contribution in [2.45, 2.75) is 30.7 Å². The Bertz CT molecular complexity index is 1060. The van der Waals surface area contributed by atoms with Crippen LogP contribution in [0.15, 0.2) is 70.7 Å². The summed E-state index contributed by atoms with van der Waals surface area (Å²) in [6.07, 6.45) is 6.15. The highest BCUT2D eigenvalue weighted by molar-refractivity contribution is 8.03. The highest BCUT2D eigenvalue weighted by atomic mass is 32.2. The summed E-state index contributed by atoms with van der Waals surface area (Å²) >= 11 is 1.80. The van der Waals surface area contributed by atoms with Crippen molar-refractivity contribution in [3.8, 4) is 0 Å². The molecule has 0 fully saturated rings. The van der Waals surface area contributed by atoms with Crippen molar-refractivity contribution in [3.05, 3.63) is 71.4 Å². The first-order chi connectivity index (χ1) is 13.6. The van der Waals surface area contributed by atoms with Crippen molar-refractivity contribution in [3.63, 3.8) is 0 Å². The molecule has 1 aliphatic rings. The Morgan fingerprint density at radius 2 is 1.89 bits per heavy atom. The summed E-state index contributed by atoms with van der Waals surface area (Å²) in [6.45, 7) is 0.824. The number of hydrogen-bond donors (Lipinski definition) is 1. The number of thioether (sulfide) groups is 1. The lowest BCUT2D eigenvalue weighted by molar-refractivity contribution is -0.671. The van der Waals surface area contributed by atoms with E-state index in [2.05, 4.69) is 83.4 Å². The minimum absolute atomic E-state index is 0.229. The molecular weight excluding hydrogens is 368 g/mol. The van der Waals surface area contributed by atoms with E-state index in [1.165, 1.54) is 32.1 Å². The zero-order valence-corrected chi connectivity index (χ0v) is 16.7. The van der Waals surface area contributed by atoms with Gasteiger partial charge in [0.15, 0.2) is 6.20 Å². The van der Waals surface area contributed by atoms with Gasteiger partial charge in [-0.25, -0.2) is 0 Å². The standard InChI is InChI=1S/C23H22N2O2S/c1-24-20-10-4-5-11-21(20)28-22(24)16-17-13-15-25(14-7-6-12-23(26)27)19-9-3-2-8-18(17)19/h2-5,8-11,13,15-16H,6-7,12,14H2,1H3/p+1. The normalized spacial score (nSPS) is 14.6. The summed E-state index contributed by atoms with van der Waals surface area (Å²) in [5, 5.41) is 11.2. The van der Waals surface area contributed by atoms with Crippen LogP contribution in [-0.4, -0.2) is 18.1 Å². The SMILES string of the molecule is CN1/C(=C/c2cc[n+](CCCCC(=O)O)c3ccccc23)Sc2ccccc21. The van der Waals surface area contributed by atoms with E-state index in [1.54, 1.807) is 11.8 Å². The maximum Gasteiger partial charge on any atom is 0.303 e.